The normalized spacial score (nSPS) is 20.0. The van der Waals surface area contributed by atoms with Crippen molar-refractivity contribution in [3.8, 4) is 0 Å². The molecule has 0 bridgehead atoms. The van der Waals surface area contributed by atoms with Gasteiger partial charge in [-0.3, -0.25) is 14.5 Å². The number of rotatable bonds is 0. The first-order chi connectivity index (χ1) is 8.23. The monoisotopic (exact) mass is 246 g/mol. The van der Waals surface area contributed by atoms with E-state index < -0.39 is 5.54 Å². The van der Waals surface area contributed by atoms with Crippen LogP contribution in [0, 0.1) is 0 Å². The predicted octanol–water partition coefficient (Wildman–Crippen LogP) is 2.15. The minimum atomic E-state index is -0.523. The molecule has 1 unspecified atom stereocenters. The van der Waals surface area contributed by atoms with E-state index in [0.29, 0.717) is 11.3 Å². The van der Waals surface area contributed by atoms with Crippen molar-refractivity contribution in [2.45, 2.75) is 39.2 Å². The molecule has 0 spiro atoms. The molecule has 1 aliphatic heterocycles. The van der Waals surface area contributed by atoms with Crippen LogP contribution in [0.3, 0.4) is 0 Å². The van der Waals surface area contributed by atoms with Crippen LogP contribution in [0.1, 0.15) is 49.5 Å². The lowest BCUT2D eigenvalue weighted by molar-refractivity contribution is -0.134. The van der Waals surface area contributed by atoms with E-state index in [-0.39, 0.29) is 17.7 Å². The van der Waals surface area contributed by atoms with E-state index in [2.05, 4.69) is 0 Å². The van der Waals surface area contributed by atoms with Crippen molar-refractivity contribution in [3.05, 3.63) is 29.3 Å². The number of benzene rings is 1. The van der Waals surface area contributed by atoms with Crippen LogP contribution in [0.5, 0.6) is 0 Å². The Balaban J connectivity index is 2.62. The molecule has 2 N–H and O–H groups in total. The summed E-state index contributed by atoms with van der Waals surface area (Å²) in [7, 11) is 0. The summed E-state index contributed by atoms with van der Waals surface area (Å²) in [5.41, 5.74) is 7.04. The van der Waals surface area contributed by atoms with E-state index >= 15 is 0 Å². The van der Waals surface area contributed by atoms with Crippen LogP contribution in [0.15, 0.2) is 18.2 Å². The summed E-state index contributed by atoms with van der Waals surface area (Å²) in [6, 6.07) is 5.15. The number of carbonyl (C=O) groups is 2. The van der Waals surface area contributed by atoms with Crippen molar-refractivity contribution in [2.24, 2.45) is 0 Å². The van der Waals surface area contributed by atoms with Gasteiger partial charge in [0.15, 0.2) is 0 Å². The molecule has 1 aromatic carbocycles. The second-order valence-electron chi connectivity index (χ2n) is 5.72. The number of hydrogen-bond donors (Lipinski definition) is 1. The summed E-state index contributed by atoms with van der Waals surface area (Å²) >= 11 is 0. The fraction of sp³-hybridized carbons (Fsp3) is 0.429. The van der Waals surface area contributed by atoms with Gasteiger partial charge in [-0.2, -0.15) is 0 Å². The van der Waals surface area contributed by atoms with E-state index in [9.17, 15) is 9.59 Å². The first-order valence-corrected chi connectivity index (χ1v) is 6.01. The van der Waals surface area contributed by atoms with Crippen molar-refractivity contribution < 1.29 is 9.59 Å². The quantitative estimate of drug-likeness (QED) is 0.563. The Labute approximate surface area is 107 Å². The molecule has 0 aromatic heterocycles. The highest BCUT2D eigenvalue weighted by molar-refractivity contribution is 6.12. The van der Waals surface area contributed by atoms with Crippen LogP contribution in [0.25, 0.3) is 0 Å². The maximum atomic E-state index is 12.4. The molecule has 4 nitrogen and oxygen atoms in total. The Bertz CT molecular complexity index is 529. The number of nitrogens with zero attached hydrogens (tertiary/aromatic N) is 1. The molecule has 1 atom stereocenters. The number of amides is 2. The zero-order chi connectivity index (χ0) is 13.7. The number of fused-ring (bicyclic) bond motifs is 1. The SMILES string of the molecule is CC1C(=O)N(C(C)(C)C)C(=O)c2cc(N)ccc21. The van der Waals surface area contributed by atoms with E-state index in [1.165, 1.54) is 4.90 Å². The Kier molecular flexibility index (Phi) is 2.69. The third-order valence-electron chi connectivity index (χ3n) is 3.24. The van der Waals surface area contributed by atoms with E-state index in [4.69, 9.17) is 5.73 Å². The fourth-order valence-corrected chi connectivity index (χ4v) is 2.32. The first kappa shape index (κ1) is 12.6. The molecule has 1 aromatic rings. The standard InChI is InChI=1S/C14H18N2O2/c1-8-10-6-5-9(15)7-11(10)13(18)16(12(8)17)14(2,3)4/h5-8H,15H2,1-4H3. The lowest BCUT2D eigenvalue weighted by Gasteiger charge is -2.39. The highest BCUT2D eigenvalue weighted by atomic mass is 16.2. The van der Waals surface area contributed by atoms with Gasteiger partial charge in [-0.25, -0.2) is 0 Å². The van der Waals surface area contributed by atoms with Crippen LogP contribution in [-0.4, -0.2) is 22.3 Å². The Morgan fingerprint density at radius 2 is 1.83 bits per heavy atom. The van der Waals surface area contributed by atoms with Gasteiger partial charge < -0.3 is 5.73 Å². The third kappa shape index (κ3) is 1.78. The molecule has 18 heavy (non-hydrogen) atoms. The Morgan fingerprint density at radius 3 is 2.39 bits per heavy atom. The lowest BCUT2D eigenvalue weighted by atomic mass is 9.87. The van der Waals surface area contributed by atoms with E-state index in [1.807, 2.05) is 27.7 Å². The molecule has 0 fully saturated rings. The number of nitrogen functional groups attached to an aromatic ring is 1. The van der Waals surface area contributed by atoms with Crippen molar-refractivity contribution in [1.82, 2.24) is 4.90 Å². The van der Waals surface area contributed by atoms with Crippen LogP contribution in [0.2, 0.25) is 0 Å². The minimum Gasteiger partial charge on any atom is -0.399 e. The van der Waals surface area contributed by atoms with Crippen molar-refractivity contribution in [3.63, 3.8) is 0 Å². The molecule has 0 saturated heterocycles. The second-order valence-corrected chi connectivity index (χ2v) is 5.72. The topological polar surface area (TPSA) is 63.4 Å². The van der Waals surface area contributed by atoms with E-state index in [0.717, 1.165) is 5.56 Å². The molecular formula is C14H18N2O2. The molecule has 1 heterocycles. The molecule has 0 aliphatic carbocycles. The van der Waals surface area contributed by atoms with Gasteiger partial charge in [0.2, 0.25) is 5.91 Å². The molecule has 2 rings (SSSR count). The average Bonchev–Trinajstić information content (AvgIpc) is 2.24. The van der Waals surface area contributed by atoms with Crippen molar-refractivity contribution in [2.75, 3.05) is 5.73 Å². The molecule has 4 heteroatoms. The third-order valence-corrected chi connectivity index (χ3v) is 3.24. The molecule has 2 amide bonds. The van der Waals surface area contributed by atoms with Gasteiger partial charge in [0.05, 0.1) is 5.92 Å². The van der Waals surface area contributed by atoms with Crippen LogP contribution < -0.4 is 5.73 Å². The molecule has 96 valence electrons. The summed E-state index contributed by atoms with van der Waals surface area (Å²) in [5, 5.41) is 0. The highest BCUT2D eigenvalue weighted by Gasteiger charge is 2.41. The van der Waals surface area contributed by atoms with Crippen LogP contribution in [-0.2, 0) is 4.79 Å². The van der Waals surface area contributed by atoms with Gasteiger partial charge in [0.25, 0.3) is 5.91 Å². The Hall–Kier alpha value is -1.84. The van der Waals surface area contributed by atoms with Crippen molar-refractivity contribution in [1.29, 1.82) is 0 Å². The number of carbonyl (C=O) groups excluding carboxylic acids is 2. The van der Waals surface area contributed by atoms with Gasteiger partial charge in [0.1, 0.15) is 0 Å². The minimum absolute atomic E-state index is 0.148. The number of imide groups is 1. The Morgan fingerprint density at radius 1 is 1.22 bits per heavy atom. The summed E-state index contributed by atoms with van der Waals surface area (Å²) in [5.74, 6) is -0.713. The predicted molar refractivity (Wildman–Crippen MR) is 70.2 cm³/mol. The van der Waals surface area contributed by atoms with Gasteiger partial charge in [-0.05, 0) is 45.4 Å². The zero-order valence-electron chi connectivity index (χ0n) is 11.2. The van der Waals surface area contributed by atoms with Gasteiger partial charge >= 0.3 is 0 Å². The smallest absolute Gasteiger partial charge is 0.261 e. The number of hydrogen-bond acceptors (Lipinski definition) is 3. The summed E-state index contributed by atoms with van der Waals surface area (Å²) in [6.45, 7) is 7.38. The molecular weight excluding hydrogens is 228 g/mol. The van der Waals surface area contributed by atoms with E-state index in [1.54, 1.807) is 18.2 Å². The summed E-state index contributed by atoms with van der Waals surface area (Å²) < 4.78 is 0. The molecule has 1 aliphatic rings. The molecule has 0 saturated carbocycles. The summed E-state index contributed by atoms with van der Waals surface area (Å²) in [4.78, 5) is 26.1. The number of anilines is 1. The maximum Gasteiger partial charge on any atom is 0.261 e. The van der Waals surface area contributed by atoms with Gasteiger partial charge in [0, 0.05) is 16.8 Å². The fourth-order valence-electron chi connectivity index (χ4n) is 2.32. The maximum absolute atomic E-state index is 12.4. The van der Waals surface area contributed by atoms with Crippen molar-refractivity contribution >= 4 is 17.5 Å². The zero-order valence-corrected chi connectivity index (χ0v) is 11.2. The molecule has 0 radical (unpaired) electrons. The first-order valence-electron chi connectivity index (χ1n) is 6.01. The second kappa shape index (κ2) is 3.83. The summed E-state index contributed by atoms with van der Waals surface area (Å²) in [6.07, 6.45) is 0. The van der Waals surface area contributed by atoms with Gasteiger partial charge in [-0.15, -0.1) is 0 Å². The highest BCUT2D eigenvalue weighted by Crippen LogP contribution is 2.33. The lowest BCUT2D eigenvalue weighted by Crippen LogP contribution is -2.53. The largest absolute Gasteiger partial charge is 0.399 e. The van der Waals surface area contributed by atoms with Gasteiger partial charge in [-0.1, -0.05) is 6.07 Å². The average molecular weight is 246 g/mol. The van der Waals surface area contributed by atoms with Crippen LogP contribution >= 0.6 is 0 Å². The number of nitrogens with two attached hydrogens (primary N) is 1. The van der Waals surface area contributed by atoms with Crippen LogP contribution in [0.4, 0.5) is 5.69 Å².